The van der Waals surface area contributed by atoms with Crippen molar-refractivity contribution >= 4 is 11.8 Å². The summed E-state index contributed by atoms with van der Waals surface area (Å²) in [6.45, 7) is 5.51. The Morgan fingerprint density at radius 3 is 2.61 bits per heavy atom. The molecule has 2 aromatic carbocycles. The van der Waals surface area contributed by atoms with Crippen molar-refractivity contribution in [2.45, 2.75) is 19.8 Å². The fourth-order valence-electron chi connectivity index (χ4n) is 4.40. The van der Waals surface area contributed by atoms with Gasteiger partial charge < -0.3 is 29.2 Å². The molecular formula is C25H30N2O6. The number of benzene rings is 2. The first-order valence-corrected chi connectivity index (χ1v) is 11.1. The van der Waals surface area contributed by atoms with Crippen LogP contribution in [0.2, 0.25) is 0 Å². The van der Waals surface area contributed by atoms with Crippen molar-refractivity contribution < 1.29 is 28.5 Å². The number of nitrogens with zero attached hydrogens (tertiary/aromatic N) is 1. The maximum Gasteiger partial charge on any atom is 0.254 e. The Kier molecular flexibility index (Phi) is 6.62. The van der Waals surface area contributed by atoms with Gasteiger partial charge in [0, 0.05) is 36.7 Å². The first-order valence-electron chi connectivity index (χ1n) is 11.1. The number of nitrogens with one attached hydrogen (secondary N) is 1. The number of methoxy groups -OCH3 is 2. The number of amides is 2. The lowest BCUT2D eigenvalue weighted by molar-refractivity contribution is -0.125. The van der Waals surface area contributed by atoms with E-state index in [1.165, 1.54) is 0 Å². The minimum absolute atomic E-state index is 0.0699. The largest absolute Gasteiger partial charge is 0.493 e. The van der Waals surface area contributed by atoms with Crippen molar-refractivity contribution in [1.29, 1.82) is 0 Å². The molecule has 0 unspecified atom stereocenters. The van der Waals surface area contributed by atoms with Gasteiger partial charge in [0.25, 0.3) is 5.91 Å². The smallest absolute Gasteiger partial charge is 0.254 e. The van der Waals surface area contributed by atoms with Gasteiger partial charge in [-0.25, -0.2) is 0 Å². The predicted molar refractivity (Wildman–Crippen MR) is 122 cm³/mol. The van der Waals surface area contributed by atoms with E-state index in [0.29, 0.717) is 54.1 Å². The molecule has 2 aromatic rings. The van der Waals surface area contributed by atoms with E-state index in [2.05, 4.69) is 5.32 Å². The molecule has 2 aliphatic rings. The first-order chi connectivity index (χ1) is 15.9. The van der Waals surface area contributed by atoms with Crippen LogP contribution in [0.15, 0.2) is 36.4 Å². The highest BCUT2D eigenvalue weighted by Crippen LogP contribution is 2.42. The SMILES string of the molecule is COc1cccc([C@@H]2CN(C(=O)c3ccc4c(c3)OCO4)C[C@@H]2C(=O)NCC(C)C)c1OC. The average molecular weight is 455 g/mol. The second-order valence-corrected chi connectivity index (χ2v) is 8.71. The monoisotopic (exact) mass is 454 g/mol. The van der Waals surface area contributed by atoms with Crippen molar-refractivity contribution in [3.05, 3.63) is 47.5 Å². The fraction of sp³-hybridized carbons (Fsp3) is 0.440. The lowest BCUT2D eigenvalue weighted by atomic mass is 9.87. The number of carbonyl (C=O) groups is 2. The standard InChI is InChI=1S/C25H30N2O6/c1-15(2)11-26-24(28)19-13-27(25(29)16-8-9-20-22(10-16)33-14-32-20)12-18(19)17-6-5-7-21(30-3)23(17)31-4/h5-10,15,18-19H,11-14H2,1-4H3,(H,26,28)/t18-,19-/m0/s1. The van der Waals surface area contributed by atoms with Crippen LogP contribution in [0, 0.1) is 11.8 Å². The molecule has 0 bridgehead atoms. The molecule has 0 aliphatic carbocycles. The molecule has 4 rings (SSSR count). The van der Waals surface area contributed by atoms with Crippen molar-refractivity contribution in [2.24, 2.45) is 11.8 Å². The maximum atomic E-state index is 13.4. The van der Waals surface area contributed by atoms with Gasteiger partial charge in [0.05, 0.1) is 20.1 Å². The normalized spacial score (nSPS) is 19.0. The topological polar surface area (TPSA) is 86.3 Å². The number of ether oxygens (including phenoxy) is 4. The molecular weight excluding hydrogens is 424 g/mol. The van der Waals surface area contributed by atoms with Gasteiger partial charge in [-0.1, -0.05) is 26.0 Å². The van der Waals surface area contributed by atoms with Gasteiger partial charge in [0.1, 0.15) is 0 Å². The van der Waals surface area contributed by atoms with E-state index in [4.69, 9.17) is 18.9 Å². The van der Waals surface area contributed by atoms with E-state index >= 15 is 0 Å². The van der Waals surface area contributed by atoms with Crippen LogP contribution in [0.1, 0.15) is 35.7 Å². The van der Waals surface area contributed by atoms with Crippen LogP contribution < -0.4 is 24.3 Å². The molecule has 0 saturated carbocycles. The lowest BCUT2D eigenvalue weighted by Crippen LogP contribution is -2.37. The molecule has 8 nitrogen and oxygen atoms in total. The van der Waals surface area contributed by atoms with Crippen molar-refractivity contribution in [2.75, 3.05) is 40.6 Å². The van der Waals surface area contributed by atoms with Crippen molar-refractivity contribution in [1.82, 2.24) is 10.2 Å². The van der Waals surface area contributed by atoms with E-state index in [-0.39, 0.29) is 24.5 Å². The van der Waals surface area contributed by atoms with Crippen molar-refractivity contribution in [3.63, 3.8) is 0 Å². The van der Waals surface area contributed by atoms with Crippen LogP contribution in [0.5, 0.6) is 23.0 Å². The number of likely N-dealkylation sites (tertiary alicyclic amines) is 1. The summed E-state index contributed by atoms with van der Waals surface area (Å²) < 4.78 is 21.9. The first kappa shape index (κ1) is 22.8. The summed E-state index contributed by atoms with van der Waals surface area (Å²) in [4.78, 5) is 28.3. The van der Waals surface area contributed by atoms with Gasteiger partial charge in [-0.05, 0) is 30.2 Å². The molecule has 2 aliphatic heterocycles. The number of hydrogen-bond donors (Lipinski definition) is 1. The third-order valence-corrected chi connectivity index (χ3v) is 6.08. The molecule has 2 heterocycles. The Bertz CT molecular complexity index is 1040. The Balaban J connectivity index is 1.64. The molecule has 0 aromatic heterocycles. The summed E-state index contributed by atoms with van der Waals surface area (Å²) in [5, 5.41) is 3.04. The van der Waals surface area contributed by atoms with E-state index in [1.54, 1.807) is 37.3 Å². The molecule has 2 amide bonds. The van der Waals surface area contributed by atoms with Crippen LogP contribution in [0.3, 0.4) is 0 Å². The number of fused-ring (bicyclic) bond motifs is 1. The number of carbonyl (C=O) groups excluding carboxylic acids is 2. The molecule has 0 spiro atoms. The van der Waals surface area contributed by atoms with E-state index < -0.39 is 5.92 Å². The zero-order chi connectivity index (χ0) is 23.5. The third kappa shape index (κ3) is 4.55. The summed E-state index contributed by atoms with van der Waals surface area (Å²) in [7, 11) is 3.16. The minimum atomic E-state index is -0.414. The van der Waals surface area contributed by atoms with E-state index in [1.807, 2.05) is 32.0 Å². The molecule has 2 atom stereocenters. The second-order valence-electron chi connectivity index (χ2n) is 8.71. The zero-order valence-corrected chi connectivity index (χ0v) is 19.4. The van der Waals surface area contributed by atoms with Gasteiger partial charge in [-0.3, -0.25) is 9.59 Å². The molecule has 8 heteroatoms. The van der Waals surface area contributed by atoms with Crippen LogP contribution in [-0.4, -0.2) is 57.4 Å². The van der Waals surface area contributed by atoms with E-state index in [9.17, 15) is 9.59 Å². The van der Waals surface area contributed by atoms with E-state index in [0.717, 1.165) is 5.56 Å². The highest BCUT2D eigenvalue weighted by Gasteiger charge is 2.42. The van der Waals surface area contributed by atoms with Gasteiger partial charge >= 0.3 is 0 Å². The summed E-state index contributed by atoms with van der Waals surface area (Å²) in [6, 6.07) is 10.8. The van der Waals surface area contributed by atoms with Crippen molar-refractivity contribution in [3.8, 4) is 23.0 Å². The molecule has 1 N–H and O–H groups in total. The predicted octanol–water partition coefficient (Wildman–Crippen LogP) is 3.06. The zero-order valence-electron chi connectivity index (χ0n) is 19.4. The quantitative estimate of drug-likeness (QED) is 0.692. The van der Waals surface area contributed by atoms with Gasteiger partial charge in [0.15, 0.2) is 23.0 Å². The highest BCUT2D eigenvalue weighted by atomic mass is 16.7. The Morgan fingerprint density at radius 2 is 1.88 bits per heavy atom. The summed E-state index contributed by atoms with van der Waals surface area (Å²) >= 11 is 0. The van der Waals surface area contributed by atoms with Gasteiger partial charge in [0.2, 0.25) is 12.7 Å². The Morgan fingerprint density at radius 1 is 1.09 bits per heavy atom. The second kappa shape index (κ2) is 9.60. The van der Waals surface area contributed by atoms with Gasteiger partial charge in [-0.15, -0.1) is 0 Å². The summed E-state index contributed by atoms with van der Waals surface area (Å²) in [5.74, 6) is 1.81. The Labute approximate surface area is 193 Å². The highest BCUT2D eigenvalue weighted by molar-refractivity contribution is 5.96. The maximum absolute atomic E-state index is 13.4. The number of para-hydroxylation sites is 1. The molecule has 0 radical (unpaired) electrons. The summed E-state index contributed by atoms with van der Waals surface area (Å²) in [6.07, 6.45) is 0. The number of rotatable bonds is 7. The fourth-order valence-corrected chi connectivity index (χ4v) is 4.40. The lowest BCUT2D eigenvalue weighted by Gasteiger charge is -2.22. The third-order valence-electron chi connectivity index (χ3n) is 6.08. The van der Waals surface area contributed by atoms with Crippen LogP contribution >= 0.6 is 0 Å². The Hall–Kier alpha value is -3.42. The average Bonchev–Trinajstić information content (AvgIpc) is 3.48. The summed E-state index contributed by atoms with van der Waals surface area (Å²) in [5.41, 5.74) is 1.35. The molecule has 1 fully saturated rings. The molecule has 33 heavy (non-hydrogen) atoms. The van der Waals surface area contributed by atoms with Crippen LogP contribution in [0.4, 0.5) is 0 Å². The van der Waals surface area contributed by atoms with Crippen LogP contribution in [0.25, 0.3) is 0 Å². The minimum Gasteiger partial charge on any atom is -0.493 e. The molecule has 176 valence electrons. The molecule has 1 saturated heterocycles. The van der Waals surface area contributed by atoms with Crippen LogP contribution in [-0.2, 0) is 4.79 Å². The van der Waals surface area contributed by atoms with Gasteiger partial charge in [-0.2, -0.15) is 0 Å². The number of hydrogen-bond acceptors (Lipinski definition) is 6.